The maximum atomic E-state index is 4.63. The highest BCUT2D eigenvalue weighted by atomic mass is 15.5. The second-order valence-corrected chi connectivity index (χ2v) is 9.73. The summed E-state index contributed by atoms with van der Waals surface area (Å²) in [5.41, 5.74) is 5.23. The molecule has 3 aromatic rings. The Morgan fingerprint density at radius 1 is 0.903 bits per heavy atom. The topological polar surface area (TPSA) is 57.7 Å². The number of hydrogen-bond acceptors (Lipinski definition) is 4. The third kappa shape index (κ3) is 3.21. The van der Waals surface area contributed by atoms with Gasteiger partial charge in [-0.1, -0.05) is 53.7 Å². The Morgan fingerprint density at radius 3 is 2.16 bits per heavy atom. The summed E-state index contributed by atoms with van der Waals surface area (Å²) in [6.45, 7) is 2.34. The van der Waals surface area contributed by atoms with Gasteiger partial charge in [-0.3, -0.25) is 0 Å². The molecule has 3 heterocycles. The van der Waals surface area contributed by atoms with E-state index < -0.39 is 0 Å². The molecule has 2 saturated heterocycles. The van der Waals surface area contributed by atoms with Crippen LogP contribution >= 0.6 is 0 Å². The number of H-pyrrole nitrogens is 1. The molecule has 0 atom stereocenters. The Labute approximate surface area is 184 Å². The van der Waals surface area contributed by atoms with E-state index in [1.807, 2.05) is 0 Å². The van der Waals surface area contributed by atoms with Crippen molar-refractivity contribution in [1.29, 1.82) is 0 Å². The number of aromatic amines is 1. The van der Waals surface area contributed by atoms with Gasteiger partial charge in [-0.05, 0) is 79.5 Å². The van der Waals surface area contributed by atoms with Crippen LogP contribution in [0.25, 0.3) is 0 Å². The predicted octanol–water partition coefficient (Wildman–Crippen LogP) is 4.29. The molecule has 5 nitrogen and oxygen atoms in total. The molecule has 3 fully saturated rings. The molecule has 160 valence electrons. The molecule has 0 radical (unpaired) electrons. The number of fused-ring (bicyclic) bond motifs is 5. The second kappa shape index (κ2) is 7.86. The van der Waals surface area contributed by atoms with Crippen LogP contribution in [0.15, 0.2) is 48.5 Å². The first-order valence-electron chi connectivity index (χ1n) is 12.0. The largest absolute Gasteiger partial charge is 0.300 e. The summed E-state index contributed by atoms with van der Waals surface area (Å²) < 4.78 is 0. The fourth-order valence-electron chi connectivity index (χ4n) is 6.65. The van der Waals surface area contributed by atoms with Crippen molar-refractivity contribution in [1.82, 2.24) is 25.5 Å². The van der Waals surface area contributed by atoms with E-state index in [4.69, 9.17) is 0 Å². The molecule has 4 aliphatic rings. The van der Waals surface area contributed by atoms with Crippen molar-refractivity contribution in [3.8, 4) is 0 Å². The number of nitrogens with one attached hydrogen (secondary N) is 1. The minimum atomic E-state index is -0.364. The van der Waals surface area contributed by atoms with Crippen molar-refractivity contribution in [2.75, 3.05) is 13.1 Å². The van der Waals surface area contributed by atoms with Crippen molar-refractivity contribution < 1.29 is 0 Å². The van der Waals surface area contributed by atoms with Crippen LogP contribution in [0.1, 0.15) is 66.6 Å². The van der Waals surface area contributed by atoms with E-state index in [0.717, 1.165) is 43.6 Å². The number of tetrazole rings is 1. The van der Waals surface area contributed by atoms with Crippen LogP contribution in [0, 0.1) is 5.92 Å². The summed E-state index contributed by atoms with van der Waals surface area (Å²) in [4.78, 5) is 2.77. The van der Waals surface area contributed by atoms with Gasteiger partial charge in [0.1, 0.15) is 0 Å². The molecule has 1 aromatic heterocycles. The Morgan fingerprint density at radius 2 is 1.58 bits per heavy atom. The molecule has 0 unspecified atom stereocenters. The highest BCUT2D eigenvalue weighted by Crippen LogP contribution is 2.46. The Balaban J connectivity index is 1.50. The van der Waals surface area contributed by atoms with Crippen LogP contribution in [0.3, 0.4) is 0 Å². The smallest absolute Gasteiger partial charge is 0.189 e. The van der Waals surface area contributed by atoms with Gasteiger partial charge in [0.2, 0.25) is 0 Å². The van der Waals surface area contributed by atoms with Crippen molar-refractivity contribution in [2.45, 2.75) is 62.8 Å². The van der Waals surface area contributed by atoms with Crippen LogP contribution in [-0.4, -0.2) is 44.7 Å². The summed E-state index contributed by atoms with van der Waals surface area (Å²) >= 11 is 0. The summed E-state index contributed by atoms with van der Waals surface area (Å²) in [7, 11) is 0. The number of benzene rings is 2. The average molecular weight is 414 g/mol. The van der Waals surface area contributed by atoms with Crippen LogP contribution in [-0.2, 0) is 18.3 Å². The molecule has 5 heteroatoms. The lowest BCUT2D eigenvalue weighted by Crippen LogP contribution is -2.50. The average Bonchev–Trinajstić information content (AvgIpc) is 3.36. The zero-order valence-electron chi connectivity index (χ0n) is 18.1. The lowest BCUT2D eigenvalue weighted by Gasteiger charge is -2.47. The van der Waals surface area contributed by atoms with E-state index >= 15 is 0 Å². The summed E-state index contributed by atoms with van der Waals surface area (Å²) in [6, 6.07) is 18.7. The first kappa shape index (κ1) is 19.2. The number of piperidine rings is 2. The van der Waals surface area contributed by atoms with Gasteiger partial charge in [-0.25, -0.2) is 0 Å². The van der Waals surface area contributed by atoms with Crippen molar-refractivity contribution in [3.63, 3.8) is 0 Å². The van der Waals surface area contributed by atoms with E-state index in [-0.39, 0.29) is 5.41 Å². The number of nitrogens with zero attached hydrogens (tertiary/aromatic N) is 4. The molecule has 7 rings (SSSR count). The predicted molar refractivity (Wildman–Crippen MR) is 121 cm³/mol. The fourth-order valence-corrected chi connectivity index (χ4v) is 6.65. The Hall–Kier alpha value is -2.53. The van der Waals surface area contributed by atoms with Gasteiger partial charge >= 0.3 is 0 Å². The molecular formula is C26H31N5. The fraction of sp³-hybridized carbons (Fsp3) is 0.500. The van der Waals surface area contributed by atoms with Crippen molar-refractivity contribution >= 4 is 0 Å². The maximum Gasteiger partial charge on any atom is 0.189 e. The summed E-state index contributed by atoms with van der Waals surface area (Å²) in [5.74, 6) is 1.71. The van der Waals surface area contributed by atoms with Gasteiger partial charge in [0, 0.05) is 19.1 Å². The van der Waals surface area contributed by atoms with Crippen LogP contribution in [0.5, 0.6) is 0 Å². The van der Waals surface area contributed by atoms with Gasteiger partial charge < -0.3 is 4.90 Å². The maximum absolute atomic E-state index is 4.63. The molecule has 2 bridgehead atoms. The molecule has 0 amide bonds. The molecule has 2 aromatic carbocycles. The highest BCUT2D eigenvalue weighted by Gasteiger charge is 2.44. The van der Waals surface area contributed by atoms with Gasteiger partial charge in [0.25, 0.3) is 0 Å². The van der Waals surface area contributed by atoms with E-state index in [1.54, 1.807) is 0 Å². The highest BCUT2D eigenvalue weighted by molar-refractivity contribution is 5.53. The normalized spacial score (nSPS) is 24.8. The van der Waals surface area contributed by atoms with Crippen molar-refractivity contribution in [2.24, 2.45) is 5.92 Å². The number of rotatable bonds is 4. The summed E-state index contributed by atoms with van der Waals surface area (Å²) in [6.07, 6.45) is 9.93. The summed E-state index contributed by atoms with van der Waals surface area (Å²) in [5, 5.41) is 16.1. The first-order valence-corrected chi connectivity index (χ1v) is 12.0. The lowest BCUT2D eigenvalue weighted by molar-refractivity contribution is 0.0450. The van der Waals surface area contributed by atoms with E-state index in [9.17, 15) is 0 Å². The van der Waals surface area contributed by atoms with Crippen LogP contribution in [0.4, 0.5) is 0 Å². The molecule has 31 heavy (non-hydrogen) atoms. The van der Waals surface area contributed by atoms with Crippen LogP contribution in [0.2, 0.25) is 0 Å². The van der Waals surface area contributed by atoms with Crippen LogP contribution < -0.4 is 0 Å². The third-order valence-electron chi connectivity index (χ3n) is 8.17. The minimum Gasteiger partial charge on any atom is -0.300 e. The molecular weight excluding hydrogens is 382 g/mol. The molecule has 2 aliphatic heterocycles. The Bertz CT molecular complexity index is 988. The van der Waals surface area contributed by atoms with E-state index in [1.165, 1.54) is 60.9 Å². The van der Waals surface area contributed by atoms with Gasteiger partial charge in [0.15, 0.2) is 5.82 Å². The molecule has 0 spiro atoms. The lowest BCUT2D eigenvalue weighted by atomic mass is 9.66. The van der Waals surface area contributed by atoms with Gasteiger partial charge in [-0.15, -0.1) is 10.2 Å². The zero-order chi connectivity index (χ0) is 20.7. The number of aromatic nitrogens is 4. The quantitative estimate of drug-likeness (QED) is 0.693. The van der Waals surface area contributed by atoms with E-state index in [0.29, 0.717) is 0 Å². The van der Waals surface area contributed by atoms with Crippen molar-refractivity contribution in [3.05, 3.63) is 76.6 Å². The van der Waals surface area contributed by atoms with Gasteiger partial charge in [0.05, 0.1) is 5.41 Å². The molecule has 1 N–H and O–H groups in total. The minimum absolute atomic E-state index is 0.364. The second-order valence-electron chi connectivity index (χ2n) is 9.73. The Kier molecular flexibility index (Phi) is 4.87. The molecule has 1 saturated carbocycles. The third-order valence-corrected chi connectivity index (χ3v) is 8.17. The zero-order valence-corrected chi connectivity index (χ0v) is 18.1. The molecule has 2 aliphatic carbocycles. The van der Waals surface area contributed by atoms with E-state index in [2.05, 4.69) is 74.1 Å². The number of hydrogen-bond donors (Lipinski definition) is 1. The first-order chi connectivity index (χ1) is 15.3. The monoisotopic (exact) mass is 413 g/mol. The number of aryl methyl sites for hydroxylation is 2. The standard InChI is InChI=1S/C26H31N5/c1-3-10-23-20(6-1)8-5-9-21-7-2-4-11-24(21)26(23,25-27-29-30-28-25)16-17-31-18-19-12-14-22(31)15-13-19/h1-4,6-7,10-11,19,22H,5,8-9,12-18H2,(H,27,28,29,30). The SMILES string of the molecule is c1ccc2c(c1)CCCc1ccccc1C2(CCN1CC2CCC1CC2)c1nn[nH]n1. The van der Waals surface area contributed by atoms with Gasteiger partial charge in [-0.2, -0.15) is 5.21 Å².